The van der Waals surface area contributed by atoms with Gasteiger partial charge in [-0.15, -0.1) is 0 Å². The minimum absolute atomic E-state index is 0.254. The van der Waals surface area contributed by atoms with Crippen LogP contribution in [0.3, 0.4) is 0 Å². The summed E-state index contributed by atoms with van der Waals surface area (Å²) < 4.78 is 14.0. The van der Waals surface area contributed by atoms with Crippen LogP contribution in [0.1, 0.15) is 19.4 Å². The van der Waals surface area contributed by atoms with Crippen molar-refractivity contribution in [2.45, 2.75) is 20.4 Å². The van der Waals surface area contributed by atoms with Gasteiger partial charge in [-0.3, -0.25) is 15.4 Å². The van der Waals surface area contributed by atoms with E-state index in [4.69, 9.17) is 5.73 Å². The van der Waals surface area contributed by atoms with E-state index in [-0.39, 0.29) is 5.82 Å². The second-order valence-electron chi connectivity index (χ2n) is 4.67. The first kappa shape index (κ1) is 12.8. The lowest BCUT2D eigenvalue weighted by Crippen LogP contribution is -2.49. The van der Waals surface area contributed by atoms with Gasteiger partial charge in [-0.1, -0.05) is 19.9 Å². The van der Waals surface area contributed by atoms with Crippen molar-refractivity contribution < 1.29 is 4.39 Å². The zero-order valence-corrected chi connectivity index (χ0v) is 10.8. The molecule has 0 radical (unpaired) electrons. The number of hydrogen-bond acceptors (Lipinski definition) is 4. The van der Waals surface area contributed by atoms with Gasteiger partial charge in [-0.05, 0) is 17.7 Å². The Morgan fingerprint density at radius 3 is 2.89 bits per heavy atom. The number of nitrogens with two attached hydrogens (primary N) is 1. The first-order chi connectivity index (χ1) is 8.61. The van der Waals surface area contributed by atoms with Gasteiger partial charge in [-0.2, -0.15) is 0 Å². The molecule has 0 aliphatic carbocycles. The Labute approximate surface area is 107 Å². The summed E-state index contributed by atoms with van der Waals surface area (Å²) >= 11 is 0. The minimum Gasteiger partial charge on any atom is -0.326 e. The second-order valence-corrected chi connectivity index (χ2v) is 4.67. The molecule has 0 saturated carbocycles. The summed E-state index contributed by atoms with van der Waals surface area (Å²) in [7, 11) is 0. The molecule has 0 bridgehead atoms. The van der Waals surface area contributed by atoms with Crippen LogP contribution in [0.4, 0.5) is 10.1 Å². The maximum Gasteiger partial charge on any atom is 0.148 e. The Bertz CT molecular complexity index is 456. The number of aliphatic imine (C=N–C) groups is 1. The van der Waals surface area contributed by atoms with Gasteiger partial charge in [0.05, 0.1) is 18.8 Å². The van der Waals surface area contributed by atoms with Crippen molar-refractivity contribution in [1.29, 1.82) is 0 Å². The minimum atomic E-state index is -0.254. The van der Waals surface area contributed by atoms with Crippen LogP contribution in [0, 0.1) is 11.7 Å². The van der Waals surface area contributed by atoms with Crippen molar-refractivity contribution in [2.75, 3.05) is 18.1 Å². The summed E-state index contributed by atoms with van der Waals surface area (Å²) in [6.45, 7) is 5.81. The topological polar surface area (TPSA) is 53.6 Å². The third-order valence-corrected chi connectivity index (χ3v) is 2.94. The van der Waals surface area contributed by atoms with E-state index in [2.05, 4.69) is 24.3 Å². The molecule has 1 aromatic rings. The lowest BCUT2D eigenvalue weighted by molar-refractivity contribution is 0.599. The molecular weight excluding hydrogens is 231 g/mol. The normalized spacial score (nSPS) is 15.6. The highest BCUT2D eigenvalue weighted by Gasteiger charge is 2.18. The lowest BCUT2D eigenvalue weighted by atomic mass is 10.1. The molecule has 0 aromatic heterocycles. The molecule has 0 unspecified atom stereocenters. The standard InChI is InChI=1S/C13H19FN4/c1-9(2)13-16-5-6-18(17-13)12-4-3-10(8-15)7-11(12)14/h3-4,7,9H,5-6,8,15H2,1-2H3,(H,16,17). The van der Waals surface area contributed by atoms with Crippen molar-refractivity contribution >= 4 is 11.5 Å². The molecule has 1 aromatic carbocycles. The quantitative estimate of drug-likeness (QED) is 0.858. The fourth-order valence-electron chi connectivity index (χ4n) is 1.89. The van der Waals surface area contributed by atoms with E-state index in [0.717, 1.165) is 11.4 Å². The van der Waals surface area contributed by atoms with Gasteiger partial charge in [0.1, 0.15) is 11.7 Å². The molecule has 1 aliphatic heterocycles. The van der Waals surface area contributed by atoms with Crippen molar-refractivity contribution in [1.82, 2.24) is 5.43 Å². The van der Waals surface area contributed by atoms with Crippen molar-refractivity contribution in [2.24, 2.45) is 16.6 Å². The van der Waals surface area contributed by atoms with Gasteiger partial charge in [-0.25, -0.2) is 4.39 Å². The van der Waals surface area contributed by atoms with Crippen LogP contribution in [-0.4, -0.2) is 18.9 Å². The van der Waals surface area contributed by atoms with Crippen LogP contribution in [0.25, 0.3) is 0 Å². The summed E-state index contributed by atoms with van der Waals surface area (Å²) in [6, 6.07) is 5.09. The van der Waals surface area contributed by atoms with Gasteiger partial charge in [0.25, 0.3) is 0 Å². The summed E-state index contributed by atoms with van der Waals surface area (Å²) in [5.74, 6) is 0.943. The smallest absolute Gasteiger partial charge is 0.148 e. The summed E-state index contributed by atoms with van der Waals surface area (Å²) in [5.41, 5.74) is 9.99. The van der Waals surface area contributed by atoms with Crippen LogP contribution in [0.5, 0.6) is 0 Å². The SMILES string of the molecule is CC(C)C1=NCCN(c2ccc(CN)cc2F)N1. The molecule has 0 fully saturated rings. The Balaban J connectivity index is 2.20. The Morgan fingerprint density at radius 1 is 1.50 bits per heavy atom. The number of halogens is 1. The third-order valence-electron chi connectivity index (χ3n) is 2.94. The molecule has 98 valence electrons. The van der Waals surface area contributed by atoms with E-state index in [1.54, 1.807) is 11.1 Å². The van der Waals surface area contributed by atoms with E-state index in [1.807, 2.05) is 6.07 Å². The first-order valence-corrected chi connectivity index (χ1v) is 6.19. The molecule has 1 aliphatic rings. The summed E-state index contributed by atoms with van der Waals surface area (Å²) in [6.07, 6.45) is 0. The number of benzene rings is 1. The summed E-state index contributed by atoms with van der Waals surface area (Å²) in [5, 5.41) is 1.80. The molecule has 0 saturated heterocycles. The zero-order chi connectivity index (χ0) is 13.1. The molecule has 5 heteroatoms. The highest BCUT2D eigenvalue weighted by molar-refractivity contribution is 5.86. The van der Waals surface area contributed by atoms with Crippen LogP contribution >= 0.6 is 0 Å². The number of anilines is 1. The van der Waals surface area contributed by atoms with Gasteiger partial charge in [0.15, 0.2) is 0 Å². The van der Waals surface area contributed by atoms with E-state index < -0.39 is 0 Å². The molecule has 2 rings (SSSR count). The monoisotopic (exact) mass is 250 g/mol. The predicted octanol–water partition coefficient (Wildman–Crippen LogP) is 1.66. The van der Waals surface area contributed by atoms with Gasteiger partial charge in [0, 0.05) is 12.5 Å². The van der Waals surface area contributed by atoms with Crippen LogP contribution < -0.4 is 16.2 Å². The van der Waals surface area contributed by atoms with Crippen LogP contribution in [-0.2, 0) is 6.54 Å². The van der Waals surface area contributed by atoms with E-state index in [0.29, 0.717) is 31.2 Å². The number of nitrogens with one attached hydrogen (secondary N) is 1. The number of hydrogen-bond donors (Lipinski definition) is 2. The average molecular weight is 250 g/mol. The van der Waals surface area contributed by atoms with Crippen LogP contribution in [0.15, 0.2) is 23.2 Å². The maximum atomic E-state index is 14.0. The molecule has 4 nitrogen and oxygen atoms in total. The van der Waals surface area contributed by atoms with E-state index in [1.165, 1.54) is 6.07 Å². The molecule has 0 amide bonds. The Kier molecular flexibility index (Phi) is 3.81. The molecule has 1 heterocycles. The Morgan fingerprint density at radius 2 is 2.28 bits per heavy atom. The number of amidine groups is 1. The molecule has 0 spiro atoms. The fraction of sp³-hybridized carbons (Fsp3) is 0.462. The highest BCUT2D eigenvalue weighted by Crippen LogP contribution is 2.20. The van der Waals surface area contributed by atoms with Crippen molar-refractivity contribution in [3.63, 3.8) is 0 Å². The third kappa shape index (κ3) is 2.61. The zero-order valence-electron chi connectivity index (χ0n) is 10.8. The summed E-state index contributed by atoms with van der Waals surface area (Å²) in [4.78, 5) is 4.39. The van der Waals surface area contributed by atoms with E-state index >= 15 is 0 Å². The number of rotatable bonds is 3. The predicted molar refractivity (Wildman–Crippen MR) is 71.9 cm³/mol. The maximum absolute atomic E-state index is 14.0. The fourth-order valence-corrected chi connectivity index (χ4v) is 1.89. The molecule has 18 heavy (non-hydrogen) atoms. The average Bonchev–Trinajstić information content (AvgIpc) is 2.38. The van der Waals surface area contributed by atoms with Gasteiger partial charge in [0.2, 0.25) is 0 Å². The first-order valence-electron chi connectivity index (χ1n) is 6.19. The Hall–Kier alpha value is -1.62. The van der Waals surface area contributed by atoms with Gasteiger partial charge < -0.3 is 5.73 Å². The van der Waals surface area contributed by atoms with E-state index in [9.17, 15) is 4.39 Å². The largest absolute Gasteiger partial charge is 0.326 e. The van der Waals surface area contributed by atoms with Crippen molar-refractivity contribution in [3.05, 3.63) is 29.6 Å². The molecule has 0 atom stereocenters. The van der Waals surface area contributed by atoms with Crippen molar-refractivity contribution in [3.8, 4) is 0 Å². The lowest BCUT2D eigenvalue weighted by Gasteiger charge is -2.31. The molecular formula is C13H19FN4. The number of nitrogens with zero attached hydrogens (tertiary/aromatic N) is 2. The number of hydrazine groups is 1. The second kappa shape index (κ2) is 5.35. The van der Waals surface area contributed by atoms with Crippen LogP contribution in [0.2, 0.25) is 0 Å². The van der Waals surface area contributed by atoms with Gasteiger partial charge >= 0.3 is 0 Å². The highest BCUT2D eigenvalue weighted by atomic mass is 19.1. The molecule has 3 N–H and O–H groups in total.